The Morgan fingerprint density at radius 3 is 2.13 bits per heavy atom. The van der Waals surface area contributed by atoms with Crippen LogP contribution in [0.3, 0.4) is 0 Å². The van der Waals surface area contributed by atoms with Gasteiger partial charge < -0.3 is 9.80 Å². The molecular formula is C24H30ClN3O2. The van der Waals surface area contributed by atoms with Gasteiger partial charge in [-0.25, -0.2) is 0 Å². The van der Waals surface area contributed by atoms with Crippen LogP contribution < -0.4 is 4.90 Å². The molecule has 1 aliphatic rings. The number of amides is 2. The van der Waals surface area contributed by atoms with E-state index in [-0.39, 0.29) is 30.8 Å². The minimum absolute atomic E-state index is 0. The number of benzene rings is 2. The first-order chi connectivity index (χ1) is 14.2. The van der Waals surface area contributed by atoms with Gasteiger partial charge in [0.05, 0.1) is 0 Å². The van der Waals surface area contributed by atoms with Gasteiger partial charge in [0.25, 0.3) is 0 Å². The first kappa shape index (κ1) is 23.6. The third-order valence-corrected chi connectivity index (χ3v) is 5.16. The zero-order chi connectivity index (χ0) is 20.5. The molecule has 1 saturated heterocycles. The molecule has 30 heavy (non-hydrogen) atoms. The molecule has 6 heteroatoms. The van der Waals surface area contributed by atoms with Crippen LogP contribution in [0, 0.1) is 0 Å². The van der Waals surface area contributed by atoms with Crippen molar-refractivity contribution in [2.45, 2.75) is 13.3 Å². The molecule has 0 bridgehead atoms. The van der Waals surface area contributed by atoms with Crippen molar-refractivity contribution in [2.24, 2.45) is 0 Å². The van der Waals surface area contributed by atoms with E-state index in [2.05, 4.69) is 29.2 Å². The molecule has 0 unspecified atom stereocenters. The molecule has 1 heterocycles. The van der Waals surface area contributed by atoms with Gasteiger partial charge in [-0.2, -0.15) is 0 Å². The number of nitrogens with zero attached hydrogens (tertiary/aromatic N) is 3. The number of carbonyl (C=O) groups is 2. The molecule has 5 nitrogen and oxygen atoms in total. The van der Waals surface area contributed by atoms with Gasteiger partial charge in [-0.05, 0) is 17.7 Å². The van der Waals surface area contributed by atoms with Gasteiger partial charge in [0, 0.05) is 44.8 Å². The van der Waals surface area contributed by atoms with Crippen LogP contribution in [-0.2, 0) is 9.59 Å². The average molecular weight is 428 g/mol. The fourth-order valence-electron chi connectivity index (χ4n) is 3.44. The molecule has 0 N–H and O–H groups in total. The van der Waals surface area contributed by atoms with Crippen molar-refractivity contribution >= 4 is 36.0 Å². The monoisotopic (exact) mass is 427 g/mol. The fraction of sp³-hybridized carbons (Fsp3) is 0.333. The summed E-state index contributed by atoms with van der Waals surface area (Å²) in [5, 5.41) is 0. The maximum absolute atomic E-state index is 12.8. The predicted molar refractivity (Wildman–Crippen MR) is 125 cm³/mol. The topological polar surface area (TPSA) is 43.9 Å². The summed E-state index contributed by atoms with van der Waals surface area (Å²) in [6.45, 7) is 5.88. The van der Waals surface area contributed by atoms with Crippen LogP contribution in [0.4, 0.5) is 5.69 Å². The SMILES string of the molecule is CCC(=O)N(CC(=O)N1CCN(C/C=C/c2ccccc2)CC1)c1ccccc1.Cl. The van der Waals surface area contributed by atoms with E-state index in [1.54, 1.807) is 4.90 Å². The number of carbonyl (C=O) groups excluding carboxylic acids is 2. The van der Waals surface area contributed by atoms with Crippen LogP contribution in [0.2, 0.25) is 0 Å². The van der Waals surface area contributed by atoms with Crippen LogP contribution in [-0.4, -0.2) is 60.9 Å². The van der Waals surface area contributed by atoms with Gasteiger partial charge in [-0.1, -0.05) is 67.6 Å². The lowest BCUT2D eigenvalue weighted by Gasteiger charge is -2.35. The van der Waals surface area contributed by atoms with E-state index >= 15 is 0 Å². The predicted octanol–water partition coefficient (Wildman–Crippen LogP) is 3.71. The molecular weight excluding hydrogens is 398 g/mol. The molecule has 0 atom stereocenters. The minimum atomic E-state index is -0.0331. The lowest BCUT2D eigenvalue weighted by Crippen LogP contribution is -2.51. The Balaban J connectivity index is 0.00000320. The summed E-state index contributed by atoms with van der Waals surface area (Å²) in [5.74, 6) is -0.0237. The van der Waals surface area contributed by atoms with Crippen molar-refractivity contribution in [1.82, 2.24) is 9.80 Å². The highest BCUT2D eigenvalue weighted by Crippen LogP contribution is 2.15. The fourth-order valence-corrected chi connectivity index (χ4v) is 3.44. The number of hydrogen-bond acceptors (Lipinski definition) is 3. The van der Waals surface area contributed by atoms with Gasteiger partial charge in [0.15, 0.2) is 0 Å². The molecule has 0 spiro atoms. The van der Waals surface area contributed by atoms with E-state index in [0.29, 0.717) is 19.5 Å². The van der Waals surface area contributed by atoms with Crippen molar-refractivity contribution in [3.63, 3.8) is 0 Å². The van der Waals surface area contributed by atoms with Crippen molar-refractivity contribution in [3.05, 3.63) is 72.3 Å². The standard InChI is InChI=1S/C24H29N3O2.ClH/c1-2-23(28)27(22-13-7-4-8-14-22)20-24(29)26-18-16-25(17-19-26)15-9-12-21-10-5-3-6-11-21;/h3-14H,2,15-20H2,1H3;1H/b12-9+;. The Kier molecular flexibility index (Phi) is 9.58. The largest absolute Gasteiger partial charge is 0.339 e. The van der Waals surface area contributed by atoms with Gasteiger partial charge >= 0.3 is 0 Å². The molecule has 2 aromatic rings. The number of halogens is 1. The molecule has 1 aliphatic heterocycles. The maximum Gasteiger partial charge on any atom is 0.242 e. The second-order valence-electron chi connectivity index (χ2n) is 7.16. The molecule has 0 aromatic heterocycles. The highest BCUT2D eigenvalue weighted by molar-refractivity contribution is 5.98. The molecule has 0 aliphatic carbocycles. The van der Waals surface area contributed by atoms with E-state index in [1.807, 2.05) is 60.4 Å². The molecule has 1 fully saturated rings. The van der Waals surface area contributed by atoms with Gasteiger partial charge in [-0.15, -0.1) is 12.4 Å². The summed E-state index contributed by atoms with van der Waals surface area (Å²) in [7, 11) is 0. The van der Waals surface area contributed by atoms with E-state index < -0.39 is 0 Å². The smallest absolute Gasteiger partial charge is 0.242 e. The third-order valence-electron chi connectivity index (χ3n) is 5.16. The van der Waals surface area contributed by atoms with Crippen LogP contribution >= 0.6 is 12.4 Å². The van der Waals surface area contributed by atoms with E-state index in [4.69, 9.17) is 0 Å². The van der Waals surface area contributed by atoms with Crippen LogP contribution in [0.5, 0.6) is 0 Å². The summed E-state index contributed by atoms with van der Waals surface area (Å²) < 4.78 is 0. The number of para-hydroxylation sites is 1. The number of rotatable bonds is 7. The maximum atomic E-state index is 12.8. The van der Waals surface area contributed by atoms with Crippen molar-refractivity contribution < 1.29 is 9.59 Å². The Morgan fingerprint density at radius 1 is 0.933 bits per heavy atom. The number of piperazine rings is 1. The van der Waals surface area contributed by atoms with Gasteiger partial charge in [-0.3, -0.25) is 14.5 Å². The zero-order valence-corrected chi connectivity index (χ0v) is 18.3. The van der Waals surface area contributed by atoms with Crippen LogP contribution in [0.25, 0.3) is 6.08 Å². The molecule has 0 radical (unpaired) electrons. The lowest BCUT2D eigenvalue weighted by atomic mass is 10.2. The minimum Gasteiger partial charge on any atom is -0.339 e. The normalized spacial score (nSPS) is 14.4. The Labute approximate surface area is 185 Å². The van der Waals surface area contributed by atoms with Crippen molar-refractivity contribution in [2.75, 3.05) is 44.2 Å². The number of hydrogen-bond donors (Lipinski definition) is 0. The first-order valence-electron chi connectivity index (χ1n) is 10.2. The van der Waals surface area contributed by atoms with E-state index in [9.17, 15) is 9.59 Å². The highest BCUT2D eigenvalue weighted by atomic mass is 35.5. The summed E-state index contributed by atoms with van der Waals surface area (Å²) >= 11 is 0. The Bertz CT molecular complexity index is 819. The molecule has 0 saturated carbocycles. The van der Waals surface area contributed by atoms with E-state index in [0.717, 1.165) is 25.3 Å². The second kappa shape index (κ2) is 12.2. The molecule has 3 rings (SSSR count). The first-order valence-corrected chi connectivity index (χ1v) is 10.2. The highest BCUT2D eigenvalue weighted by Gasteiger charge is 2.24. The summed E-state index contributed by atoms with van der Waals surface area (Å²) in [5.41, 5.74) is 1.97. The summed E-state index contributed by atoms with van der Waals surface area (Å²) in [6, 6.07) is 19.7. The van der Waals surface area contributed by atoms with Crippen LogP contribution in [0.15, 0.2) is 66.7 Å². The Morgan fingerprint density at radius 2 is 1.53 bits per heavy atom. The average Bonchev–Trinajstić information content (AvgIpc) is 2.78. The number of anilines is 1. The molecule has 2 amide bonds. The zero-order valence-electron chi connectivity index (χ0n) is 17.4. The lowest BCUT2D eigenvalue weighted by molar-refractivity contribution is -0.132. The van der Waals surface area contributed by atoms with Gasteiger partial charge in [0.1, 0.15) is 6.54 Å². The van der Waals surface area contributed by atoms with Crippen LogP contribution in [0.1, 0.15) is 18.9 Å². The van der Waals surface area contributed by atoms with Gasteiger partial charge in [0.2, 0.25) is 11.8 Å². The van der Waals surface area contributed by atoms with Crippen molar-refractivity contribution in [1.29, 1.82) is 0 Å². The van der Waals surface area contributed by atoms with Crippen molar-refractivity contribution in [3.8, 4) is 0 Å². The third kappa shape index (κ3) is 6.71. The Hall–Kier alpha value is -2.63. The summed E-state index contributed by atoms with van der Waals surface area (Å²) in [6.07, 6.45) is 4.68. The molecule has 2 aromatic carbocycles. The molecule has 160 valence electrons. The second-order valence-corrected chi connectivity index (χ2v) is 7.16. The van der Waals surface area contributed by atoms with E-state index in [1.165, 1.54) is 5.56 Å². The summed E-state index contributed by atoms with van der Waals surface area (Å²) in [4.78, 5) is 31.0. The quantitative estimate of drug-likeness (QED) is 0.676.